The highest BCUT2D eigenvalue weighted by Crippen LogP contribution is 2.41. The highest BCUT2D eigenvalue weighted by Gasteiger charge is 2.33. The first kappa shape index (κ1) is 19.3. The Balaban J connectivity index is 1.53. The van der Waals surface area contributed by atoms with Gasteiger partial charge in [0.1, 0.15) is 11.6 Å². The van der Waals surface area contributed by atoms with E-state index in [2.05, 4.69) is 10.3 Å². The van der Waals surface area contributed by atoms with Gasteiger partial charge in [0.05, 0.1) is 15.9 Å². The number of para-hydroxylation sites is 1. The minimum atomic E-state index is -0.532. The second-order valence-electron chi connectivity index (χ2n) is 7.35. The molecule has 0 radical (unpaired) electrons. The van der Waals surface area contributed by atoms with Gasteiger partial charge in [-0.2, -0.15) is 9.78 Å². The average Bonchev–Trinajstić information content (AvgIpc) is 3.33. The number of nitrogens with zero attached hydrogens (tertiary/aromatic N) is 3. The molecule has 0 saturated carbocycles. The van der Waals surface area contributed by atoms with Gasteiger partial charge < -0.3 is 15.8 Å². The molecule has 3 heterocycles. The smallest absolute Gasteiger partial charge is 0.255 e. The summed E-state index contributed by atoms with van der Waals surface area (Å²) in [4.78, 5) is 28.2. The number of carbonyl (C=O) groups excluding carboxylic acids is 2. The molecule has 3 N–H and O–H groups in total. The third kappa shape index (κ3) is 3.53. The van der Waals surface area contributed by atoms with Crippen molar-refractivity contribution in [2.24, 2.45) is 5.73 Å². The summed E-state index contributed by atoms with van der Waals surface area (Å²) < 4.78 is 8.12. The highest BCUT2D eigenvalue weighted by atomic mass is 32.1. The van der Waals surface area contributed by atoms with Gasteiger partial charge in [-0.1, -0.05) is 35.6 Å². The number of aromatic nitrogens is 3. The molecule has 8 nitrogen and oxygen atoms in total. The van der Waals surface area contributed by atoms with Gasteiger partial charge in [0, 0.05) is 17.9 Å². The average molecular weight is 433 g/mol. The molecule has 4 aromatic rings. The van der Waals surface area contributed by atoms with Gasteiger partial charge in [-0.05, 0) is 36.8 Å². The van der Waals surface area contributed by atoms with Crippen LogP contribution in [-0.2, 0) is 9.59 Å². The van der Waals surface area contributed by atoms with E-state index in [0.717, 1.165) is 27.0 Å². The molecule has 2 aromatic heterocycles. The summed E-state index contributed by atoms with van der Waals surface area (Å²) in [5.74, 6) is 0.457. The molecule has 5 rings (SSSR count). The Labute approximate surface area is 181 Å². The molecule has 31 heavy (non-hydrogen) atoms. The summed E-state index contributed by atoms with van der Waals surface area (Å²) in [6.07, 6.45) is 0.320. The van der Waals surface area contributed by atoms with Crippen molar-refractivity contribution in [3.8, 4) is 10.9 Å². The van der Waals surface area contributed by atoms with Crippen molar-refractivity contribution in [2.45, 2.75) is 19.3 Å². The third-order valence-electron chi connectivity index (χ3n) is 5.23. The lowest BCUT2D eigenvalue weighted by Crippen LogP contribution is -2.25. The lowest BCUT2D eigenvalue weighted by molar-refractivity contribution is -0.120. The number of benzene rings is 2. The van der Waals surface area contributed by atoms with E-state index in [-0.39, 0.29) is 18.4 Å². The molecular weight excluding hydrogens is 414 g/mol. The van der Waals surface area contributed by atoms with Gasteiger partial charge in [-0.3, -0.25) is 9.59 Å². The maximum Gasteiger partial charge on any atom is 0.255 e. The van der Waals surface area contributed by atoms with Crippen molar-refractivity contribution in [2.75, 3.05) is 11.9 Å². The molecule has 0 aliphatic carbocycles. The van der Waals surface area contributed by atoms with Crippen LogP contribution >= 0.6 is 11.3 Å². The summed E-state index contributed by atoms with van der Waals surface area (Å²) in [5, 5.41) is 8.41. The van der Waals surface area contributed by atoms with E-state index in [4.69, 9.17) is 15.6 Å². The number of amides is 2. The first-order chi connectivity index (χ1) is 15.0. The summed E-state index contributed by atoms with van der Waals surface area (Å²) in [7, 11) is 0. The van der Waals surface area contributed by atoms with Crippen LogP contribution in [0, 0.1) is 6.92 Å². The van der Waals surface area contributed by atoms with Crippen molar-refractivity contribution in [3.63, 3.8) is 0 Å². The third-order valence-corrected chi connectivity index (χ3v) is 6.24. The molecule has 2 amide bonds. The Morgan fingerprint density at radius 1 is 1.26 bits per heavy atom. The molecule has 9 heteroatoms. The predicted molar refractivity (Wildman–Crippen MR) is 118 cm³/mol. The first-order valence-corrected chi connectivity index (χ1v) is 10.6. The van der Waals surface area contributed by atoms with Crippen LogP contribution in [0.5, 0.6) is 5.75 Å². The van der Waals surface area contributed by atoms with Crippen LogP contribution in [0.2, 0.25) is 0 Å². The number of aryl methyl sites for hydroxylation is 1. The van der Waals surface area contributed by atoms with Crippen molar-refractivity contribution in [3.05, 3.63) is 65.4 Å². The number of carbonyl (C=O) groups is 2. The molecule has 0 fully saturated rings. The zero-order valence-electron chi connectivity index (χ0n) is 16.7. The quantitative estimate of drug-likeness (QED) is 0.502. The summed E-state index contributed by atoms with van der Waals surface area (Å²) in [6.45, 7) is 1.76. The van der Waals surface area contributed by atoms with Gasteiger partial charge in [0.2, 0.25) is 11.0 Å². The molecule has 2 aromatic carbocycles. The van der Waals surface area contributed by atoms with Crippen LogP contribution in [0.25, 0.3) is 15.3 Å². The Morgan fingerprint density at radius 3 is 2.77 bits per heavy atom. The van der Waals surface area contributed by atoms with E-state index in [1.165, 1.54) is 11.3 Å². The van der Waals surface area contributed by atoms with Crippen LogP contribution in [-0.4, -0.2) is 33.2 Å². The Morgan fingerprint density at radius 2 is 2.03 bits per heavy atom. The van der Waals surface area contributed by atoms with E-state index in [0.29, 0.717) is 23.1 Å². The zero-order chi connectivity index (χ0) is 21.5. The summed E-state index contributed by atoms with van der Waals surface area (Å²) in [6, 6.07) is 15.3. The van der Waals surface area contributed by atoms with E-state index in [9.17, 15) is 9.59 Å². The lowest BCUT2D eigenvalue weighted by Gasteiger charge is -2.24. The lowest BCUT2D eigenvalue weighted by atomic mass is 9.86. The number of nitrogens with one attached hydrogen (secondary N) is 1. The minimum Gasteiger partial charge on any atom is -0.484 e. The fraction of sp³-hybridized carbons (Fsp3) is 0.182. The predicted octanol–water partition coefficient (Wildman–Crippen LogP) is 3.13. The summed E-state index contributed by atoms with van der Waals surface area (Å²) >= 11 is 1.53. The monoisotopic (exact) mass is 433 g/mol. The van der Waals surface area contributed by atoms with Gasteiger partial charge in [-0.25, -0.2) is 4.98 Å². The number of ether oxygens (including phenoxy) is 1. The number of hydrogen-bond donors (Lipinski definition) is 2. The fourth-order valence-electron chi connectivity index (χ4n) is 3.87. The standard InChI is InChI=1S/C22H19N5O3S/c1-12-20-15(13-6-8-14(9-7-13)30-11-18(23)28)10-19(29)25-21(20)27(26-12)22-24-16-4-2-3-5-17(16)31-22/h2-9,15H,10-11H2,1H3,(H2,23,28)(H,25,29)/t15-/m0/s1. The van der Waals surface area contributed by atoms with Gasteiger partial charge in [-0.15, -0.1) is 0 Å². The minimum absolute atomic E-state index is 0.0752. The maximum absolute atomic E-state index is 12.6. The van der Waals surface area contributed by atoms with Crippen LogP contribution in [0.4, 0.5) is 5.82 Å². The van der Waals surface area contributed by atoms with Crippen LogP contribution in [0.3, 0.4) is 0 Å². The van der Waals surface area contributed by atoms with E-state index < -0.39 is 5.91 Å². The number of primary amides is 1. The molecular formula is C22H19N5O3S. The van der Waals surface area contributed by atoms with Gasteiger partial charge in [0.25, 0.3) is 5.91 Å². The molecule has 0 bridgehead atoms. The number of hydrogen-bond acceptors (Lipinski definition) is 6. The Bertz CT molecular complexity index is 1280. The van der Waals surface area contributed by atoms with Crippen molar-refractivity contribution >= 4 is 39.2 Å². The molecule has 156 valence electrons. The molecule has 1 atom stereocenters. The van der Waals surface area contributed by atoms with E-state index >= 15 is 0 Å². The van der Waals surface area contributed by atoms with Crippen LogP contribution < -0.4 is 15.8 Å². The van der Waals surface area contributed by atoms with Gasteiger partial charge >= 0.3 is 0 Å². The second-order valence-corrected chi connectivity index (χ2v) is 8.36. The topological polar surface area (TPSA) is 112 Å². The zero-order valence-corrected chi connectivity index (χ0v) is 17.5. The van der Waals surface area contributed by atoms with Crippen LogP contribution in [0.15, 0.2) is 48.5 Å². The number of anilines is 1. The highest BCUT2D eigenvalue weighted by molar-refractivity contribution is 7.20. The SMILES string of the molecule is Cc1nn(-c2nc3ccccc3s2)c2c1[C@H](c1ccc(OCC(N)=O)cc1)CC(=O)N2. The summed E-state index contributed by atoms with van der Waals surface area (Å²) in [5.41, 5.74) is 8.81. The van der Waals surface area contributed by atoms with Crippen molar-refractivity contribution in [1.29, 1.82) is 0 Å². The largest absolute Gasteiger partial charge is 0.484 e. The number of nitrogens with two attached hydrogens (primary N) is 1. The van der Waals surface area contributed by atoms with E-state index in [1.54, 1.807) is 16.8 Å². The Hall–Kier alpha value is -3.72. The number of fused-ring (bicyclic) bond motifs is 2. The molecule has 1 aliphatic rings. The normalized spacial score (nSPS) is 15.5. The second kappa shape index (κ2) is 7.51. The molecule has 0 saturated heterocycles. The van der Waals surface area contributed by atoms with Crippen molar-refractivity contribution < 1.29 is 14.3 Å². The molecule has 0 unspecified atom stereocenters. The Kier molecular flexibility index (Phi) is 4.67. The molecule has 1 aliphatic heterocycles. The van der Waals surface area contributed by atoms with Crippen LogP contribution in [0.1, 0.15) is 29.2 Å². The fourth-order valence-corrected chi connectivity index (χ4v) is 4.80. The first-order valence-electron chi connectivity index (χ1n) is 9.76. The maximum atomic E-state index is 12.6. The van der Waals surface area contributed by atoms with Crippen molar-refractivity contribution in [1.82, 2.24) is 14.8 Å². The van der Waals surface area contributed by atoms with Gasteiger partial charge in [0.15, 0.2) is 6.61 Å². The number of rotatable bonds is 5. The number of thiazole rings is 1. The molecule has 0 spiro atoms. The van der Waals surface area contributed by atoms with E-state index in [1.807, 2.05) is 43.3 Å².